The van der Waals surface area contributed by atoms with Crippen molar-refractivity contribution in [2.24, 2.45) is 5.92 Å². The number of rotatable bonds is 10. The fraction of sp³-hybridized carbons (Fsp3) is 0.478. The van der Waals surface area contributed by atoms with Gasteiger partial charge in [0.1, 0.15) is 12.3 Å². The standard InChI is InChI=1S/C23H31NO3/c1-17(2)4-6-20(19-7-9-21(25-3)10-8-19)12-13-24-15-18-5-11-22-23(14-18)27-16-26-22/h5,7-11,14,17,20,24H,4,6,12-13,15-16H2,1-3H3/p+1/t20-/m1/s1. The van der Waals surface area contributed by atoms with Crippen LogP contribution in [0.1, 0.15) is 50.2 Å². The molecule has 0 fully saturated rings. The maximum atomic E-state index is 5.47. The van der Waals surface area contributed by atoms with Crippen LogP contribution in [0.4, 0.5) is 0 Å². The van der Waals surface area contributed by atoms with Crippen LogP contribution >= 0.6 is 0 Å². The molecule has 2 aromatic rings. The summed E-state index contributed by atoms with van der Waals surface area (Å²) in [4.78, 5) is 0. The summed E-state index contributed by atoms with van der Waals surface area (Å²) in [5, 5.41) is 2.39. The molecule has 27 heavy (non-hydrogen) atoms. The number of methoxy groups -OCH3 is 1. The molecule has 4 nitrogen and oxygen atoms in total. The van der Waals surface area contributed by atoms with Crippen LogP contribution in [0.5, 0.6) is 17.2 Å². The topological polar surface area (TPSA) is 44.3 Å². The summed E-state index contributed by atoms with van der Waals surface area (Å²) in [5.41, 5.74) is 2.70. The monoisotopic (exact) mass is 370 g/mol. The van der Waals surface area contributed by atoms with E-state index in [1.54, 1.807) is 7.11 Å². The van der Waals surface area contributed by atoms with E-state index < -0.39 is 0 Å². The molecular weight excluding hydrogens is 338 g/mol. The third-order valence-corrected chi connectivity index (χ3v) is 5.22. The Hall–Kier alpha value is -2.20. The van der Waals surface area contributed by atoms with Gasteiger partial charge in [-0.1, -0.05) is 32.4 Å². The van der Waals surface area contributed by atoms with Gasteiger partial charge in [-0.25, -0.2) is 0 Å². The van der Waals surface area contributed by atoms with Crippen molar-refractivity contribution in [3.05, 3.63) is 53.6 Å². The third-order valence-electron chi connectivity index (χ3n) is 5.22. The van der Waals surface area contributed by atoms with Gasteiger partial charge in [-0.15, -0.1) is 0 Å². The van der Waals surface area contributed by atoms with Gasteiger partial charge in [-0.3, -0.25) is 0 Å². The zero-order valence-electron chi connectivity index (χ0n) is 16.7. The average Bonchev–Trinajstić information content (AvgIpc) is 3.15. The van der Waals surface area contributed by atoms with Gasteiger partial charge in [-0.2, -0.15) is 0 Å². The number of hydrogen-bond acceptors (Lipinski definition) is 3. The first-order valence-corrected chi connectivity index (χ1v) is 10.00. The highest BCUT2D eigenvalue weighted by atomic mass is 16.7. The van der Waals surface area contributed by atoms with Gasteiger partial charge >= 0.3 is 0 Å². The van der Waals surface area contributed by atoms with E-state index in [0.717, 1.165) is 36.3 Å². The minimum Gasteiger partial charge on any atom is -0.497 e. The number of nitrogens with two attached hydrogens (primary N) is 1. The smallest absolute Gasteiger partial charge is 0.231 e. The molecule has 0 spiro atoms. The van der Waals surface area contributed by atoms with E-state index in [9.17, 15) is 0 Å². The number of benzene rings is 2. The van der Waals surface area contributed by atoms with Crippen molar-refractivity contribution in [1.29, 1.82) is 0 Å². The Morgan fingerprint density at radius 2 is 1.74 bits per heavy atom. The van der Waals surface area contributed by atoms with Gasteiger partial charge in [0.15, 0.2) is 11.5 Å². The van der Waals surface area contributed by atoms with Crippen LogP contribution in [-0.4, -0.2) is 20.4 Å². The second-order valence-corrected chi connectivity index (χ2v) is 7.70. The second-order valence-electron chi connectivity index (χ2n) is 7.70. The minimum absolute atomic E-state index is 0.335. The Bertz CT molecular complexity index is 712. The van der Waals surface area contributed by atoms with Gasteiger partial charge in [0.25, 0.3) is 0 Å². The molecule has 0 amide bonds. The lowest BCUT2D eigenvalue weighted by Crippen LogP contribution is -2.82. The maximum absolute atomic E-state index is 5.47. The Labute approximate surface area is 162 Å². The molecule has 0 saturated carbocycles. The van der Waals surface area contributed by atoms with Crippen molar-refractivity contribution in [2.75, 3.05) is 20.4 Å². The van der Waals surface area contributed by atoms with Crippen LogP contribution < -0.4 is 19.5 Å². The fourth-order valence-corrected chi connectivity index (χ4v) is 3.54. The van der Waals surface area contributed by atoms with Crippen molar-refractivity contribution >= 4 is 0 Å². The van der Waals surface area contributed by atoms with Crippen molar-refractivity contribution < 1.29 is 19.5 Å². The molecular formula is C23H32NO3+. The summed E-state index contributed by atoms with van der Waals surface area (Å²) in [6.45, 7) is 7.02. The van der Waals surface area contributed by atoms with E-state index in [0.29, 0.717) is 12.7 Å². The normalized spacial score (nSPS) is 13.8. The van der Waals surface area contributed by atoms with Crippen LogP contribution in [0, 0.1) is 5.92 Å². The Morgan fingerprint density at radius 1 is 0.963 bits per heavy atom. The summed E-state index contributed by atoms with van der Waals surface area (Å²) in [6.07, 6.45) is 3.68. The summed E-state index contributed by atoms with van der Waals surface area (Å²) in [7, 11) is 1.72. The Kier molecular flexibility index (Phi) is 6.99. The quantitative estimate of drug-likeness (QED) is 0.641. The van der Waals surface area contributed by atoms with E-state index in [4.69, 9.17) is 14.2 Å². The molecule has 4 heteroatoms. The zero-order chi connectivity index (χ0) is 19.1. The third kappa shape index (κ3) is 5.64. The van der Waals surface area contributed by atoms with Gasteiger partial charge < -0.3 is 19.5 Å². The van der Waals surface area contributed by atoms with Gasteiger partial charge in [0, 0.05) is 12.0 Å². The summed E-state index contributed by atoms with van der Waals surface area (Å²) < 4.78 is 16.2. The first kappa shape index (κ1) is 19.6. The molecule has 0 aliphatic carbocycles. The minimum atomic E-state index is 0.335. The molecule has 2 aromatic carbocycles. The Balaban J connectivity index is 1.52. The van der Waals surface area contributed by atoms with E-state index >= 15 is 0 Å². The molecule has 1 aliphatic rings. The predicted octanol–water partition coefficient (Wildman–Crippen LogP) is 4.10. The molecule has 1 heterocycles. The predicted molar refractivity (Wildman–Crippen MR) is 107 cm³/mol. The largest absolute Gasteiger partial charge is 0.497 e. The van der Waals surface area contributed by atoms with Gasteiger partial charge in [0.05, 0.1) is 13.7 Å². The average molecular weight is 371 g/mol. The number of hydrogen-bond donors (Lipinski definition) is 1. The lowest BCUT2D eigenvalue weighted by molar-refractivity contribution is -0.671. The van der Waals surface area contributed by atoms with Crippen molar-refractivity contribution in [3.8, 4) is 17.2 Å². The summed E-state index contributed by atoms with van der Waals surface area (Å²) in [5.74, 6) is 3.99. The van der Waals surface area contributed by atoms with Crippen LogP contribution in [0.25, 0.3) is 0 Å². The molecule has 0 bridgehead atoms. The zero-order valence-corrected chi connectivity index (χ0v) is 16.7. The molecule has 0 saturated heterocycles. The van der Waals surface area contributed by atoms with E-state index in [2.05, 4.69) is 55.6 Å². The number of fused-ring (bicyclic) bond motifs is 1. The molecule has 3 rings (SSSR count). The van der Waals surface area contributed by atoms with E-state index in [1.165, 1.54) is 30.4 Å². The summed E-state index contributed by atoms with van der Waals surface area (Å²) >= 11 is 0. The lowest BCUT2D eigenvalue weighted by atomic mass is 9.88. The van der Waals surface area contributed by atoms with Gasteiger partial charge in [-0.05, 0) is 54.2 Å². The van der Waals surface area contributed by atoms with Crippen LogP contribution in [0.3, 0.4) is 0 Å². The van der Waals surface area contributed by atoms with Crippen LogP contribution in [0.2, 0.25) is 0 Å². The molecule has 0 radical (unpaired) electrons. The lowest BCUT2D eigenvalue weighted by Gasteiger charge is -2.18. The molecule has 146 valence electrons. The first-order chi connectivity index (χ1) is 13.2. The molecule has 2 N–H and O–H groups in total. The highest BCUT2D eigenvalue weighted by Crippen LogP contribution is 2.32. The molecule has 1 atom stereocenters. The first-order valence-electron chi connectivity index (χ1n) is 10.00. The van der Waals surface area contributed by atoms with E-state index in [-0.39, 0.29) is 0 Å². The number of quaternary nitrogens is 1. The van der Waals surface area contributed by atoms with Crippen LogP contribution in [0.15, 0.2) is 42.5 Å². The van der Waals surface area contributed by atoms with E-state index in [1.807, 2.05) is 6.07 Å². The highest BCUT2D eigenvalue weighted by molar-refractivity contribution is 5.44. The van der Waals surface area contributed by atoms with Gasteiger partial charge in [0.2, 0.25) is 6.79 Å². The SMILES string of the molecule is COc1ccc([C@@H](CC[NH2+]Cc2ccc3c(c2)OCO3)CCC(C)C)cc1. The van der Waals surface area contributed by atoms with Crippen molar-refractivity contribution in [2.45, 2.75) is 45.6 Å². The molecule has 0 unspecified atom stereocenters. The van der Waals surface area contributed by atoms with Crippen molar-refractivity contribution in [1.82, 2.24) is 0 Å². The Morgan fingerprint density at radius 3 is 2.48 bits per heavy atom. The second kappa shape index (κ2) is 9.65. The fourth-order valence-electron chi connectivity index (χ4n) is 3.54. The van der Waals surface area contributed by atoms with Crippen molar-refractivity contribution in [3.63, 3.8) is 0 Å². The van der Waals surface area contributed by atoms with Crippen LogP contribution in [-0.2, 0) is 6.54 Å². The molecule has 1 aliphatic heterocycles. The summed E-state index contributed by atoms with van der Waals surface area (Å²) in [6, 6.07) is 14.8. The highest BCUT2D eigenvalue weighted by Gasteiger charge is 2.15. The molecule has 0 aromatic heterocycles. The maximum Gasteiger partial charge on any atom is 0.231 e. The number of ether oxygens (including phenoxy) is 3.